The Labute approximate surface area is 158 Å². The molecule has 0 aromatic carbocycles. The van der Waals surface area contributed by atoms with Crippen molar-refractivity contribution < 1.29 is 9.13 Å². The molecule has 0 amide bonds. The minimum Gasteiger partial charge on any atom is -0.382 e. The zero-order valence-electron chi connectivity index (χ0n) is 15.1. The number of hydrogen-bond acceptors (Lipinski definition) is 7. The number of anilines is 2. The zero-order valence-corrected chi connectivity index (χ0v) is 15.1. The SMILES string of the molecule is Cn1nccc1-c1c(F)c(N2CCOCC2)nc2c1c(N)nn2-c1ccn[nH]1. The molecule has 144 valence electrons. The van der Waals surface area contributed by atoms with E-state index in [1.54, 1.807) is 40.9 Å². The Bertz CT molecular complexity index is 1140. The van der Waals surface area contributed by atoms with Crippen LogP contribution >= 0.6 is 0 Å². The molecule has 0 bridgehead atoms. The van der Waals surface area contributed by atoms with Crippen LogP contribution in [0.1, 0.15) is 0 Å². The fraction of sp³-hybridized carbons (Fsp3) is 0.294. The normalized spacial score (nSPS) is 14.9. The highest BCUT2D eigenvalue weighted by Gasteiger charge is 2.28. The van der Waals surface area contributed by atoms with Crippen LogP contribution in [0.2, 0.25) is 0 Å². The number of nitrogens with two attached hydrogens (primary N) is 1. The van der Waals surface area contributed by atoms with Gasteiger partial charge in [-0.3, -0.25) is 9.78 Å². The number of aromatic nitrogens is 7. The average Bonchev–Trinajstić information content (AvgIpc) is 3.44. The van der Waals surface area contributed by atoms with Gasteiger partial charge in [0, 0.05) is 32.4 Å². The predicted octanol–water partition coefficient (Wildman–Crippen LogP) is 1.10. The number of halogens is 1. The number of rotatable bonds is 3. The van der Waals surface area contributed by atoms with Crippen LogP contribution in [-0.2, 0) is 11.8 Å². The summed E-state index contributed by atoms with van der Waals surface area (Å²) < 4.78 is 24.3. The lowest BCUT2D eigenvalue weighted by Gasteiger charge is -2.28. The molecule has 4 aromatic rings. The molecule has 0 unspecified atom stereocenters. The second-order valence-electron chi connectivity index (χ2n) is 6.50. The molecule has 10 nitrogen and oxygen atoms in total. The number of H-pyrrole nitrogens is 1. The number of morpholine rings is 1. The number of nitrogen functional groups attached to an aromatic ring is 1. The lowest BCUT2D eigenvalue weighted by molar-refractivity contribution is 0.122. The molecule has 1 aliphatic heterocycles. The standard InChI is InChI=1S/C17H18FN9O/c1-25-10(2-5-21-25)12-13-15(19)24-27(11-3-4-20-23-11)16(13)22-17(14(12)18)26-6-8-28-9-7-26/h2-5H,6-9H2,1H3,(H2,19,24)(H,20,23). The highest BCUT2D eigenvalue weighted by atomic mass is 19.1. The van der Waals surface area contributed by atoms with Crippen LogP contribution in [0.3, 0.4) is 0 Å². The summed E-state index contributed by atoms with van der Waals surface area (Å²) in [5, 5.41) is 15.8. The molecule has 5 heterocycles. The summed E-state index contributed by atoms with van der Waals surface area (Å²) in [5.74, 6) is 0.562. The molecule has 0 aliphatic carbocycles. The first-order chi connectivity index (χ1) is 13.6. The fourth-order valence-electron chi connectivity index (χ4n) is 3.52. The summed E-state index contributed by atoms with van der Waals surface area (Å²) in [6, 6.07) is 3.49. The quantitative estimate of drug-likeness (QED) is 0.544. The van der Waals surface area contributed by atoms with E-state index in [1.807, 2.05) is 4.90 Å². The molecule has 0 atom stereocenters. The first-order valence-corrected chi connectivity index (χ1v) is 8.83. The first-order valence-electron chi connectivity index (χ1n) is 8.83. The minimum absolute atomic E-state index is 0.181. The number of nitrogens with zero attached hydrogens (tertiary/aromatic N) is 7. The van der Waals surface area contributed by atoms with Crippen molar-refractivity contribution in [1.82, 2.24) is 34.7 Å². The van der Waals surface area contributed by atoms with Gasteiger partial charge in [-0.1, -0.05) is 0 Å². The van der Waals surface area contributed by atoms with Gasteiger partial charge in [-0.2, -0.15) is 14.9 Å². The predicted molar refractivity (Wildman–Crippen MR) is 101 cm³/mol. The molecule has 1 aliphatic rings. The van der Waals surface area contributed by atoms with Gasteiger partial charge in [0.05, 0.1) is 36.1 Å². The molecule has 5 rings (SSSR count). The van der Waals surface area contributed by atoms with Gasteiger partial charge in [0.2, 0.25) is 0 Å². The largest absolute Gasteiger partial charge is 0.382 e. The second kappa shape index (κ2) is 6.30. The van der Waals surface area contributed by atoms with Crippen molar-refractivity contribution in [2.24, 2.45) is 7.05 Å². The zero-order chi connectivity index (χ0) is 19.3. The van der Waals surface area contributed by atoms with Gasteiger partial charge in [0.15, 0.2) is 28.9 Å². The maximum atomic E-state index is 15.8. The molecule has 0 radical (unpaired) electrons. The van der Waals surface area contributed by atoms with Crippen molar-refractivity contribution in [3.05, 3.63) is 30.3 Å². The fourth-order valence-corrected chi connectivity index (χ4v) is 3.52. The number of aryl methyl sites for hydroxylation is 1. The maximum absolute atomic E-state index is 15.8. The van der Waals surface area contributed by atoms with Gasteiger partial charge in [-0.25, -0.2) is 9.37 Å². The number of aromatic amines is 1. The third kappa shape index (κ3) is 2.43. The van der Waals surface area contributed by atoms with Crippen LogP contribution in [-0.4, -0.2) is 61.0 Å². The number of ether oxygens (including phenoxy) is 1. The van der Waals surface area contributed by atoms with Gasteiger partial charge in [0.1, 0.15) is 0 Å². The van der Waals surface area contributed by atoms with Crippen molar-refractivity contribution in [2.45, 2.75) is 0 Å². The summed E-state index contributed by atoms with van der Waals surface area (Å²) in [5.41, 5.74) is 7.57. The third-order valence-corrected chi connectivity index (χ3v) is 4.87. The minimum atomic E-state index is -0.450. The molecule has 4 aromatic heterocycles. The first kappa shape index (κ1) is 16.7. The van der Waals surface area contributed by atoms with E-state index in [4.69, 9.17) is 10.5 Å². The molecule has 3 N–H and O–H groups in total. The molecule has 1 saturated heterocycles. The summed E-state index contributed by atoms with van der Waals surface area (Å²) in [6.45, 7) is 2.13. The lowest BCUT2D eigenvalue weighted by Crippen LogP contribution is -2.37. The van der Waals surface area contributed by atoms with E-state index in [9.17, 15) is 0 Å². The van der Waals surface area contributed by atoms with Crippen molar-refractivity contribution in [3.8, 4) is 17.1 Å². The lowest BCUT2D eigenvalue weighted by atomic mass is 10.1. The van der Waals surface area contributed by atoms with Crippen molar-refractivity contribution in [2.75, 3.05) is 36.9 Å². The van der Waals surface area contributed by atoms with Crippen molar-refractivity contribution in [3.63, 3.8) is 0 Å². The van der Waals surface area contributed by atoms with E-state index in [0.29, 0.717) is 54.4 Å². The summed E-state index contributed by atoms with van der Waals surface area (Å²) in [6.07, 6.45) is 3.22. The Morgan fingerprint density at radius 3 is 2.71 bits per heavy atom. The van der Waals surface area contributed by atoms with Crippen LogP contribution in [0.4, 0.5) is 16.0 Å². The van der Waals surface area contributed by atoms with Gasteiger partial charge in [0.25, 0.3) is 0 Å². The van der Waals surface area contributed by atoms with Crippen molar-refractivity contribution in [1.29, 1.82) is 0 Å². The second-order valence-corrected chi connectivity index (χ2v) is 6.50. The molecular formula is C17H18FN9O. The summed E-state index contributed by atoms with van der Waals surface area (Å²) in [7, 11) is 1.75. The highest BCUT2D eigenvalue weighted by molar-refractivity contribution is 6.01. The van der Waals surface area contributed by atoms with Gasteiger partial charge in [-0.15, -0.1) is 5.10 Å². The Morgan fingerprint density at radius 2 is 2.04 bits per heavy atom. The Balaban J connectivity index is 1.85. The number of nitrogens with one attached hydrogen (secondary N) is 1. The highest BCUT2D eigenvalue weighted by Crippen LogP contribution is 2.38. The van der Waals surface area contributed by atoms with E-state index < -0.39 is 5.82 Å². The van der Waals surface area contributed by atoms with E-state index in [0.717, 1.165) is 0 Å². The molecule has 28 heavy (non-hydrogen) atoms. The average molecular weight is 383 g/mol. The molecule has 0 spiro atoms. The topological polar surface area (TPSA) is 116 Å². The van der Waals surface area contributed by atoms with E-state index in [1.165, 1.54) is 0 Å². The van der Waals surface area contributed by atoms with E-state index in [2.05, 4.69) is 25.4 Å². The Morgan fingerprint density at radius 1 is 1.21 bits per heavy atom. The van der Waals surface area contributed by atoms with Crippen LogP contribution in [0.25, 0.3) is 28.1 Å². The molecule has 0 saturated carbocycles. The Kier molecular flexibility index (Phi) is 3.76. The summed E-state index contributed by atoms with van der Waals surface area (Å²) >= 11 is 0. The number of pyridine rings is 1. The molecule has 1 fully saturated rings. The van der Waals surface area contributed by atoms with Crippen LogP contribution in [0.5, 0.6) is 0 Å². The number of hydrogen-bond donors (Lipinski definition) is 2. The molecular weight excluding hydrogens is 365 g/mol. The number of fused-ring (bicyclic) bond motifs is 1. The van der Waals surface area contributed by atoms with Crippen molar-refractivity contribution >= 4 is 22.7 Å². The van der Waals surface area contributed by atoms with Crippen LogP contribution < -0.4 is 10.6 Å². The monoisotopic (exact) mass is 383 g/mol. The van der Waals surface area contributed by atoms with Gasteiger partial charge in [-0.05, 0) is 6.07 Å². The smallest absolute Gasteiger partial charge is 0.175 e. The van der Waals surface area contributed by atoms with Crippen LogP contribution in [0.15, 0.2) is 24.5 Å². The van der Waals surface area contributed by atoms with Gasteiger partial charge < -0.3 is 15.4 Å². The van der Waals surface area contributed by atoms with Gasteiger partial charge >= 0.3 is 0 Å². The third-order valence-electron chi connectivity index (χ3n) is 4.87. The maximum Gasteiger partial charge on any atom is 0.175 e. The van der Waals surface area contributed by atoms with E-state index in [-0.39, 0.29) is 11.6 Å². The Hall–Kier alpha value is -3.47. The van der Waals surface area contributed by atoms with Crippen LogP contribution in [0, 0.1) is 5.82 Å². The summed E-state index contributed by atoms with van der Waals surface area (Å²) in [4.78, 5) is 6.49. The molecule has 11 heteroatoms. The van der Waals surface area contributed by atoms with E-state index >= 15 is 4.39 Å².